The number of hydrogen-bond acceptors (Lipinski definition) is 6. The Bertz CT molecular complexity index is 801. The number of nitrogen functional groups attached to an aromatic ring is 1. The number of hydrogen-bond donors (Lipinski definition) is 1. The highest BCUT2D eigenvalue weighted by atomic mass is 35.5. The Morgan fingerprint density at radius 3 is 2.50 bits per heavy atom. The Balaban J connectivity index is 0.00000196. The van der Waals surface area contributed by atoms with Crippen LogP contribution in [0.1, 0.15) is 16.9 Å². The molecule has 1 atom stereocenters. The van der Waals surface area contributed by atoms with E-state index >= 15 is 0 Å². The van der Waals surface area contributed by atoms with Crippen molar-refractivity contribution in [1.82, 2.24) is 14.9 Å². The molecular weight excluding hydrogens is 387 g/mol. The first kappa shape index (κ1) is 19.4. The molecule has 1 fully saturated rings. The summed E-state index contributed by atoms with van der Waals surface area (Å²) >= 11 is 1.54. The number of halogens is 4. The van der Waals surface area contributed by atoms with Gasteiger partial charge in [0.15, 0.2) is 5.82 Å². The number of nitrogens with zero attached hydrogens (tertiary/aromatic N) is 4. The van der Waals surface area contributed by atoms with Gasteiger partial charge in [-0.25, -0.2) is 4.98 Å². The molecule has 2 aliphatic rings. The molecule has 0 amide bonds. The third-order valence-electron chi connectivity index (χ3n) is 5.15. The summed E-state index contributed by atoms with van der Waals surface area (Å²) in [5, 5.41) is 0. The van der Waals surface area contributed by atoms with Crippen LogP contribution in [0.5, 0.6) is 0 Å². The average Bonchev–Trinajstić information content (AvgIpc) is 2.92. The van der Waals surface area contributed by atoms with Gasteiger partial charge in [0, 0.05) is 31.1 Å². The minimum atomic E-state index is -4.16. The van der Waals surface area contributed by atoms with Gasteiger partial charge >= 0.3 is 6.18 Å². The minimum absolute atomic E-state index is 0. The Morgan fingerprint density at radius 1 is 1.15 bits per heavy atom. The molecular formula is C16H21ClF3N5S. The normalized spacial score (nSPS) is 21.5. The van der Waals surface area contributed by atoms with Crippen LogP contribution in [0.3, 0.4) is 0 Å². The molecule has 144 valence electrons. The zero-order valence-corrected chi connectivity index (χ0v) is 16.0. The number of rotatable bonds is 1. The van der Waals surface area contributed by atoms with Crippen molar-refractivity contribution in [1.29, 1.82) is 0 Å². The number of likely N-dealkylation sites (N-methyl/N-ethyl adjacent to an activating group) is 1. The molecule has 0 bridgehead atoms. The second kappa shape index (κ2) is 7.01. The van der Waals surface area contributed by atoms with E-state index in [1.54, 1.807) is 0 Å². The van der Waals surface area contributed by atoms with Crippen LogP contribution in [-0.4, -0.2) is 54.3 Å². The maximum absolute atomic E-state index is 13.2. The van der Waals surface area contributed by atoms with E-state index in [1.807, 2.05) is 0 Å². The van der Waals surface area contributed by atoms with Crippen LogP contribution in [0, 0.1) is 5.92 Å². The van der Waals surface area contributed by atoms with Crippen LogP contribution in [0.15, 0.2) is 0 Å². The van der Waals surface area contributed by atoms with Crippen molar-refractivity contribution in [3.63, 3.8) is 0 Å². The standard InChI is InChI=1S/C16H20F3N5S.ClH/c1-23-4-6-24(7-5-23)14-13-12(21-15(20)22-14)10-8-9(16(17,18)19)2-3-11(10)25-13;/h9H,2-8H2,1H3,(H2,20,21,22);1H. The molecule has 26 heavy (non-hydrogen) atoms. The summed E-state index contributed by atoms with van der Waals surface area (Å²) in [4.78, 5) is 14.1. The average molecular weight is 408 g/mol. The lowest BCUT2D eigenvalue weighted by atomic mass is 9.87. The van der Waals surface area contributed by atoms with Gasteiger partial charge in [0.2, 0.25) is 5.95 Å². The van der Waals surface area contributed by atoms with Crippen LogP contribution in [-0.2, 0) is 12.8 Å². The lowest BCUT2D eigenvalue weighted by molar-refractivity contribution is -0.176. The molecule has 2 N–H and O–H groups in total. The molecule has 10 heteroatoms. The first-order valence-corrected chi connectivity index (χ1v) is 9.22. The Morgan fingerprint density at radius 2 is 1.85 bits per heavy atom. The van der Waals surface area contributed by atoms with Crippen LogP contribution in [0.4, 0.5) is 24.9 Å². The smallest absolute Gasteiger partial charge is 0.368 e. The molecule has 3 heterocycles. The van der Waals surface area contributed by atoms with Crippen LogP contribution in [0.25, 0.3) is 10.2 Å². The maximum Gasteiger partial charge on any atom is 0.392 e. The minimum Gasteiger partial charge on any atom is -0.368 e. The van der Waals surface area contributed by atoms with Gasteiger partial charge < -0.3 is 15.5 Å². The molecule has 0 radical (unpaired) electrons. The monoisotopic (exact) mass is 407 g/mol. The van der Waals surface area contributed by atoms with Gasteiger partial charge in [-0.05, 0) is 31.9 Å². The molecule has 2 aromatic heterocycles. The topological polar surface area (TPSA) is 58.3 Å². The molecule has 1 unspecified atom stereocenters. The lowest BCUT2D eigenvalue weighted by Gasteiger charge is -2.33. The number of aromatic nitrogens is 2. The first-order chi connectivity index (χ1) is 11.8. The summed E-state index contributed by atoms with van der Waals surface area (Å²) < 4.78 is 40.4. The van der Waals surface area contributed by atoms with E-state index in [0.29, 0.717) is 11.9 Å². The van der Waals surface area contributed by atoms with Gasteiger partial charge in [0.1, 0.15) is 0 Å². The van der Waals surface area contributed by atoms with E-state index in [9.17, 15) is 13.2 Å². The SMILES string of the molecule is CN1CCN(c2nc(N)nc3c4c(sc23)CCC(C(F)(F)F)C4)CC1.Cl. The fourth-order valence-electron chi connectivity index (χ4n) is 3.65. The predicted octanol–water partition coefficient (Wildman–Crippen LogP) is 3.11. The Kier molecular flexibility index (Phi) is 5.24. The number of alkyl halides is 3. The van der Waals surface area contributed by atoms with E-state index in [4.69, 9.17) is 5.73 Å². The van der Waals surface area contributed by atoms with Gasteiger partial charge in [-0.15, -0.1) is 23.7 Å². The van der Waals surface area contributed by atoms with Crippen molar-refractivity contribution in [3.8, 4) is 0 Å². The number of thiophene rings is 1. The summed E-state index contributed by atoms with van der Waals surface area (Å²) in [5.74, 6) is -0.379. The molecule has 0 spiro atoms. The van der Waals surface area contributed by atoms with Crippen molar-refractivity contribution in [2.24, 2.45) is 5.92 Å². The highest BCUT2D eigenvalue weighted by Crippen LogP contribution is 2.44. The largest absolute Gasteiger partial charge is 0.392 e. The van der Waals surface area contributed by atoms with Gasteiger partial charge in [0.25, 0.3) is 0 Å². The number of fused-ring (bicyclic) bond motifs is 3. The summed E-state index contributed by atoms with van der Waals surface area (Å²) in [5.41, 5.74) is 7.24. The van der Waals surface area contributed by atoms with Gasteiger partial charge in [-0.1, -0.05) is 0 Å². The highest BCUT2D eigenvalue weighted by Gasteiger charge is 2.42. The molecule has 5 nitrogen and oxygen atoms in total. The molecule has 1 aliphatic carbocycles. The second-order valence-electron chi connectivity index (χ2n) is 6.86. The summed E-state index contributed by atoms with van der Waals surface area (Å²) in [6.07, 6.45) is -3.57. The number of nitrogens with two attached hydrogens (primary N) is 1. The fraction of sp³-hybridized carbons (Fsp3) is 0.625. The third kappa shape index (κ3) is 3.44. The third-order valence-corrected chi connectivity index (χ3v) is 6.43. The molecule has 1 saturated heterocycles. The van der Waals surface area contributed by atoms with E-state index < -0.39 is 12.1 Å². The zero-order chi connectivity index (χ0) is 17.8. The molecule has 2 aromatic rings. The van der Waals surface area contributed by atoms with Gasteiger partial charge in [0.05, 0.1) is 16.1 Å². The quantitative estimate of drug-likeness (QED) is 0.787. The molecule has 0 aromatic carbocycles. The lowest BCUT2D eigenvalue weighted by Crippen LogP contribution is -2.44. The van der Waals surface area contributed by atoms with Gasteiger partial charge in [-0.2, -0.15) is 18.2 Å². The highest BCUT2D eigenvalue weighted by molar-refractivity contribution is 7.19. The van der Waals surface area contributed by atoms with Crippen molar-refractivity contribution in [3.05, 3.63) is 10.4 Å². The van der Waals surface area contributed by atoms with E-state index in [1.165, 1.54) is 11.3 Å². The zero-order valence-electron chi connectivity index (χ0n) is 14.3. The number of piperazine rings is 1. The van der Waals surface area contributed by atoms with Crippen LogP contribution in [0.2, 0.25) is 0 Å². The van der Waals surface area contributed by atoms with E-state index in [-0.39, 0.29) is 31.2 Å². The van der Waals surface area contributed by atoms with E-state index in [0.717, 1.165) is 47.1 Å². The summed E-state index contributed by atoms with van der Waals surface area (Å²) in [6, 6.07) is 0. The molecule has 4 rings (SSSR count). The second-order valence-corrected chi connectivity index (χ2v) is 7.96. The van der Waals surface area contributed by atoms with Crippen molar-refractivity contribution in [2.75, 3.05) is 43.9 Å². The van der Waals surface area contributed by atoms with Crippen LogP contribution < -0.4 is 10.6 Å². The number of anilines is 2. The first-order valence-electron chi connectivity index (χ1n) is 8.41. The Hall–Kier alpha value is -1.32. The Labute approximate surface area is 159 Å². The fourth-order valence-corrected chi connectivity index (χ4v) is 4.95. The van der Waals surface area contributed by atoms with Gasteiger partial charge in [-0.3, -0.25) is 0 Å². The predicted molar refractivity (Wildman–Crippen MR) is 100 cm³/mol. The summed E-state index contributed by atoms with van der Waals surface area (Å²) in [7, 11) is 2.07. The number of aryl methyl sites for hydroxylation is 1. The van der Waals surface area contributed by atoms with Crippen molar-refractivity contribution >= 4 is 45.7 Å². The van der Waals surface area contributed by atoms with Crippen LogP contribution >= 0.6 is 23.7 Å². The molecule has 0 saturated carbocycles. The van der Waals surface area contributed by atoms with Crippen molar-refractivity contribution < 1.29 is 13.2 Å². The summed E-state index contributed by atoms with van der Waals surface area (Å²) in [6.45, 7) is 3.50. The van der Waals surface area contributed by atoms with Crippen molar-refractivity contribution in [2.45, 2.75) is 25.4 Å². The van der Waals surface area contributed by atoms with E-state index in [2.05, 4.69) is 26.8 Å². The molecule has 1 aliphatic heterocycles. The maximum atomic E-state index is 13.2.